The highest BCUT2D eigenvalue weighted by atomic mass is 19.1. The van der Waals surface area contributed by atoms with Gasteiger partial charge in [-0.25, -0.2) is 14.0 Å². The maximum Gasteiger partial charge on any atom is 0.410 e. The van der Waals surface area contributed by atoms with Crippen molar-refractivity contribution in [2.75, 3.05) is 13.1 Å². The second-order valence-electron chi connectivity index (χ2n) is 4.77. The molecule has 1 amide bonds. The van der Waals surface area contributed by atoms with E-state index in [1.54, 1.807) is 0 Å². The van der Waals surface area contributed by atoms with Crippen LogP contribution in [0.3, 0.4) is 0 Å². The van der Waals surface area contributed by atoms with Crippen molar-refractivity contribution in [2.45, 2.75) is 19.2 Å². The summed E-state index contributed by atoms with van der Waals surface area (Å²) in [5.74, 6) is -2.13. The largest absolute Gasteiger partial charge is 0.479 e. The number of aliphatic carboxylic acids is 1. The molecule has 108 valence electrons. The fourth-order valence-electron chi connectivity index (χ4n) is 2.20. The molecule has 0 aromatic heterocycles. The first-order valence-electron chi connectivity index (χ1n) is 6.40. The fourth-order valence-corrected chi connectivity index (χ4v) is 2.20. The monoisotopic (exact) mass is 281 g/mol. The normalized spacial score (nSPS) is 19.6. The van der Waals surface area contributed by atoms with Crippen molar-refractivity contribution < 1.29 is 23.8 Å². The Morgan fingerprint density at radius 3 is 2.75 bits per heavy atom. The second kappa shape index (κ2) is 6.36. The molecule has 0 saturated carbocycles. The summed E-state index contributed by atoms with van der Waals surface area (Å²) in [5, 5.41) is 8.61. The molecule has 5 nitrogen and oxygen atoms in total. The lowest BCUT2D eigenvalue weighted by Crippen LogP contribution is -2.32. The van der Waals surface area contributed by atoms with Crippen LogP contribution in [0.25, 0.3) is 0 Å². The van der Waals surface area contributed by atoms with E-state index in [9.17, 15) is 14.0 Å². The lowest BCUT2D eigenvalue weighted by atomic mass is 10.0. The zero-order valence-corrected chi connectivity index (χ0v) is 10.9. The van der Waals surface area contributed by atoms with Gasteiger partial charge >= 0.3 is 12.1 Å². The molecule has 1 fully saturated rings. The number of amides is 1. The number of carbonyl (C=O) groups excluding carboxylic acids is 1. The van der Waals surface area contributed by atoms with E-state index in [0.717, 1.165) is 5.56 Å². The number of alkyl halides is 1. The number of hydrogen-bond donors (Lipinski definition) is 1. The summed E-state index contributed by atoms with van der Waals surface area (Å²) in [6, 6.07) is 9.22. The Hall–Kier alpha value is -2.11. The summed E-state index contributed by atoms with van der Waals surface area (Å²) in [6.45, 7) is 0.561. The topological polar surface area (TPSA) is 66.8 Å². The molecule has 0 radical (unpaired) electrons. The second-order valence-corrected chi connectivity index (χ2v) is 4.77. The Morgan fingerprint density at radius 2 is 2.10 bits per heavy atom. The van der Waals surface area contributed by atoms with E-state index < -0.39 is 24.2 Å². The van der Waals surface area contributed by atoms with Crippen LogP contribution >= 0.6 is 0 Å². The van der Waals surface area contributed by atoms with Gasteiger partial charge in [-0.2, -0.15) is 0 Å². The zero-order chi connectivity index (χ0) is 14.5. The van der Waals surface area contributed by atoms with Gasteiger partial charge in [0.15, 0.2) is 0 Å². The Labute approximate surface area is 116 Å². The van der Waals surface area contributed by atoms with E-state index >= 15 is 0 Å². The summed E-state index contributed by atoms with van der Waals surface area (Å²) < 4.78 is 18.5. The van der Waals surface area contributed by atoms with Crippen molar-refractivity contribution in [3.05, 3.63) is 35.9 Å². The van der Waals surface area contributed by atoms with Gasteiger partial charge in [-0.3, -0.25) is 0 Å². The van der Waals surface area contributed by atoms with Crippen LogP contribution in [0.4, 0.5) is 9.18 Å². The molecule has 1 saturated heterocycles. The van der Waals surface area contributed by atoms with Gasteiger partial charge in [0.25, 0.3) is 0 Å². The summed E-state index contributed by atoms with van der Waals surface area (Å²) in [5.41, 5.74) is 0.866. The number of hydrogen-bond acceptors (Lipinski definition) is 3. The van der Waals surface area contributed by atoms with Crippen LogP contribution in [0, 0.1) is 5.92 Å². The van der Waals surface area contributed by atoms with Crippen LogP contribution < -0.4 is 0 Å². The molecule has 1 heterocycles. The third-order valence-electron chi connectivity index (χ3n) is 3.34. The molecule has 0 spiro atoms. The van der Waals surface area contributed by atoms with Crippen LogP contribution in [0.5, 0.6) is 0 Å². The molecule has 1 N–H and O–H groups in total. The van der Waals surface area contributed by atoms with Crippen molar-refractivity contribution >= 4 is 12.1 Å². The third-order valence-corrected chi connectivity index (χ3v) is 3.34. The Balaban J connectivity index is 1.81. The standard InChI is InChI=1S/C14H16FNO4/c15-12(13(17)18)11-6-7-16(8-11)14(19)20-9-10-4-2-1-3-5-10/h1-5,11-12H,6-9H2,(H,17,18). The number of halogens is 1. The predicted molar refractivity (Wildman–Crippen MR) is 68.8 cm³/mol. The molecule has 1 aliphatic heterocycles. The van der Waals surface area contributed by atoms with Crippen molar-refractivity contribution in [3.8, 4) is 0 Å². The van der Waals surface area contributed by atoms with E-state index in [-0.39, 0.29) is 13.2 Å². The number of likely N-dealkylation sites (tertiary alicyclic amines) is 1. The van der Waals surface area contributed by atoms with E-state index in [0.29, 0.717) is 13.0 Å². The van der Waals surface area contributed by atoms with Gasteiger partial charge in [0.1, 0.15) is 6.61 Å². The molecular formula is C14H16FNO4. The predicted octanol–water partition coefficient (Wildman–Crippen LogP) is 2.07. The number of benzene rings is 1. The SMILES string of the molecule is O=C(O)C(F)C1CCN(C(=O)OCc2ccccc2)C1. The van der Waals surface area contributed by atoms with Gasteiger partial charge in [-0.1, -0.05) is 30.3 Å². The molecule has 1 aromatic carbocycles. The highest BCUT2D eigenvalue weighted by Gasteiger charge is 2.36. The van der Waals surface area contributed by atoms with Gasteiger partial charge in [0, 0.05) is 19.0 Å². The van der Waals surface area contributed by atoms with Gasteiger partial charge in [0.05, 0.1) is 0 Å². The number of ether oxygens (including phenoxy) is 1. The van der Waals surface area contributed by atoms with Crippen LogP contribution in [-0.2, 0) is 16.1 Å². The van der Waals surface area contributed by atoms with Crippen molar-refractivity contribution in [2.24, 2.45) is 5.92 Å². The Kier molecular flexibility index (Phi) is 4.55. The number of rotatable bonds is 4. The van der Waals surface area contributed by atoms with Crippen molar-refractivity contribution in [1.29, 1.82) is 0 Å². The maximum absolute atomic E-state index is 13.3. The van der Waals surface area contributed by atoms with Crippen LogP contribution in [0.2, 0.25) is 0 Å². The number of carboxylic acid groups (broad SMARTS) is 1. The number of nitrogens with zero attached hydrogens (tertiary/aromatic N) is 1. The lowest BCUT2D eigenvalue weighted by molar-refractivity contribution is -0.144. The molecule has 0 bridgehead atoms. The van der Waals surface area contributed by atoms with E-state index in [1.165, 1.54) is 4.90 Å². The fraction of sp³-hybridized carbons (Fsp3) is 0.429. The molecule has 2 atom stereocenters. The first-order chi connectivity index (χ1) is 9.58. The van der Waals surface area contributed by atoms with Crippen LogP contribution in [-0.4, -0.2) is 41.3 Å². The highest BCUT2D eigenvalue weighted by molar-refractivity contribution is 5.73. The summed E-state index contributed by atoms with van der Waals surface area (Å²) in [6.07, 6.45) is -2.12. The van der Waals surface area contributed by atoms with Crippen LogP contribution in [0.15, 0.2) is 30.3 Å². The van der Waals surface area contributed by atoms with E-state index in [1.807, 2.05) is 30.3 Å². The minimum atomic E-state index is -1.93. The Bertz CT molecular complexity index is 479. The molecule has 1 aromatic rings. The van der Waals surface area contributed by atoms with Gasteiger partial charge < -0.3 is 14.7 Å². The van der Waals surface area contributed by atoms with Gasteiger partial charge in [0.2, 0.25) is 6.17 Å². The highest BCUT2D eigenvalue weighted by Crippen LogP contribution is 2.23. The number of carboxylic acids is 1. The zero-order valence-electron chi connectivity index (χ0n) is 10.9. The first-order valence-corrected chi connectivity index (χ1v) is 6.40. The average molecular weight is 281 g/mol. The van der Waals surface area contributed by atoms with Crippen molar-refractivity contribution in [1.82, 2.24) is 4.90 Å². The minimum Gasteiger partial charge on any atom is -0.479 e. The molecule has 6 heteroatoms. The summed E-state index contributed by atoms with van der Waals surface area (Å²) in [4.78, 5) is 23.7. The molecule has 1 aliphatic rings. The van der Waals surface area contributed by atoms with Crippen LogP contribution in [0.1, 0.15) is 12.0 Å². The molecular weight excluding hydrogens is 265 g/mol. The molecule has 20 heavy (non-hydrogen) atoms. The van der Waals surface area contributed by atoms with Gasteiger partial charge in [-0.05, 0) is 12.0 Å². The average Bonchev–Trinajstić information content (AvgIpc) is 2.94. The first kappa shape index (κ1) is 14.3. The summed E-state index contributed by atoms with van der Waals surface area (Å²) >= 11 is 0. The minimum absolute atomic E-state index is 0.0844. The molecule has 2 rings (SSSR count). The lowest BCUT2D eigenvalue weighted by Gasteiger charge is -2.16. The quantitative estimate of drug-likeness (QED) is 0.917. The molecule has 2 unspecified atom stereocenters. The maximum atomic E-state index is 13.3. The number of carbonyl (C=O) groups is 2. The van der Waals surface area contributed by atoms with Gasteiger partial charge in [-0.15, -0.1) is 0 Å². The van der Waals surface area contributed by atoms with Crippen molar-refractivity contribution in [3.63, 3.8) is 0 Å². The Morgan fingerprint density at radius 1 is 1.40 bits per heavy atom. The summed E-state index contributed by atoms with van der Waals surface area (Å²) in [7, 11) is 0. The van der Waals surface area contributed by atoms with E-state index in [4.69, 9.17) is 9.84 Å². The van der Waals surface area contributed by atoms with E-state index in [2.05, 4.69) is 0 Å². The molecule has 0 aliphatic carbocycles. The third kappa shape index (κ3) is 3.46. The smallest absolute Gasteiger partial charge is 0.410 e.